The number of carbonyl (C=O) groups is 1. The molecule has 1 fully saturated rings. The van der Waals surface area contributed by atoms with Crippen molar-refractivity contribution in [3.63, 3.8) is 0 Å². The molecule has 116 valence electrons. The summed E-state index contributed by atoms with van der Waals surface area (Å²) >= 11 is 0. The van der Waals surface area contributed by atoms with Crippen LogP contribution in [0.2, 0.25) is 0 Å². The summed E-state index contributed by atoms with van der Waals surface area (Å²) in [5.41, 5.74) is 8.39. The van der Waals surface area contributed by atoms with E-state index in [1.807, 2.05) is 6.07 Å². The van der Waals surface area contributed by atoms with Crippen molar-refractivity contribution in [2.75, 3.05) is 0 Å². The van der Waals surface area contributed by atoms with Gasteiger partial charge in [-0.1, -0.05) is 30.7 Å². The van der Waals surface area contributed by atoms with Crippen LogP contribution < -0.4 is 11.1 Å². The monoisotopic (exact) mass is 288 g/mol. The molecule has 1 amide bonds. The molecule has 3 N–H and O–H groups in total. The highest BCUT2D eigenvalue weighted by Crippen LogP contribution is 2.27. The summed E-state index contributed by atoms with van der Waals surface area (Å²) in [7, 11) is 0. The molecule has 0 aliphatic heterocycles. The maximum absolute atomic E-state index is 12.3. The Hall–Kier alpha value is -1.35. The van der Waals surface area contributed by atoms with Crippen LogP contribution >= 0.6 is 0 Å². The molecule has 0 unspecified atom stereocenters. The lowest BCUT2D eigenvalue weighted by Gasteiger charge is -2.28. The van der Waals surface area contributed by atoms with Crippen LogP contribution in [0.25, 0.3) is 0 Å². The first-order chi connectivity index (χ1) is 9.87. The Bertz CT molecular complexity index is 496. The first-order valence-electron chi connectivity index (χ1n) is 7.98. The predicted octanol–water partition coefficient (Wildman–Crippen LogP) is 2.95. The van der Waals surface area contributed by atoms with Crippen molar-refractivity contribution in [3.05, 3.63) is 35.4 Å². The van der Waals surface area contributed by atoms with Gasteiger partial charge in [-0.05, 0) is 57.1 Å². The number of amides is 1. The fraction of sp³-hybridized carbons (Fsp3) is 0.611. The summed E-state index contributed by atoms with van der Waals surface area (Å²) in [6, 6.07) is 8.56. The summed E-state index contributed by atoms with van der Waals surface area (Å²) in [5.74, 6) is 0.496. The standard InChI is InChI=1S/C18H28N2O/c1-13-7-4-5-8-15(13)12-18(2,3)20-17(21)11-14-9-6-10-16(14)19/h4-5,7-8,14,16H,6,9-12,19H2,1-3H3,(H,20,21)/t14-,16+/m0/s1. The Morgan fingerprint density at radius 1 is 1.33 bits per heavy atom. The largest absolute Gasteiger partial charge is 0.351 e. The van der Waals surface area contributed by atoms with Crippen LogP contribution in [-0.4, -0.2) is 17.5 Å². The molecule has 3 nitrogen and oxygen atoms in total. The minimum Gasteiger partial charge on any atom is -0.351 e. The van der Waals surface area contributed by atoms with E-state index >= 15 is 0 Å². The van der Waals surface area contributed by atoms with Crippen LogP contribution in [0.15, 0.2) is 24.3 Å². The van der Waals surface area contributed by atoms with Crippen LogP contribution in [0.5, 0.6) is 0 Å². The molecular weight excluding hydrogens is 260 g/mol. The van der Waals surface area contributed by atoms with Crippen molar-refractivity contribution < 1.29 is 4.79 Å². The fourth-order valence-electron chi connectivity index (χ4n) is 3.31. The van der Waals surface area contributed by atoms with Gasteiger partial charge >= 0.3 is 0 Å². The number of benzene rings is 1. The van der Waals surface area contributed by atoms with Crippen molar-refractivity contribution in [1.29, 1.82) is 0 Å². The average Bonchev–Trinajstić information content (AvgIpc) is 2.77. The summed E-state index contributed by atoms with van der Waals surface area (Å²) in [4.78, 5) is 12.3. The summed E-state index contributed by atoms with van der Waals surface area (Å²) in [5, 5.41) is 3.18. The van der Waals surface area contributed by atoms with E-state index in [1.54, 1.807) is 0 Å². The van der Waals surface area contributed by atoms with Gasteiger partial charge in [0, 0.05) is 18.0 Å². The lowest BCUT2D eigenvalue weighted by molar-refractivity contribution is -0.123. The summed E-state index contributed by atoms with van der Waals surface area (Å²) in [6.07, 6.45) is 4.73. The zero-order chi connectivity index (χ0) is 15.5. The van der Waals surface area contributed by atoms with Gasteiger partial charge in [-0.25, -0.2) is 0 Å². The molecule has 1 aromatic rings. The van der Waals surface area contributed by atoms with Crippen LogP contribution in [0.4, 0.5) is 0 Å². The van der Waals surface area contributed by atoms with Crippen molar-refractivity contribution in [3.8, 4) is 0 Å². The molecule has 21 heavy (non-hydrogen) atoms. The van der Waals surface area contributed by atoms with Crippen LogP contribution in [0, 0.1) is 12.8 Å². The average molecular weight is 288 g/mol. The Morgan fingerprint density at radius 3 is 2.67 bits per heavy atom. The first-order valence-corrected chi connectivity index (χ1v) is 7.98. The smallest absolute Gasteiger partial charge is 0.220 e. The number of rotatable bonds is 5. The summed E-state index contributed by atoms with van der Waals surface area (Å²) in [6.45, 7) is 6.29. The van der Waals surface area contributed by atoms with Gasteiger partial charge in [0.25, 0.3) is 0 Å². The predicted molar refractivity (Wildman–Crippen MR) is 87.0 cm³/mol. The van der Waals surface area contributed by atoms with Gasteiger partial charge in [0.05, 0.1) is 0 Å². The van der Waals surface area contributed by atoms with E-state index in [1.165, 1.54) is 11.1 Å². The SMILES string of the molecule is Cc1ccccc1CC(C)(C)NC(=O)C[C@@H]1CCC[C@H]1N. The van der Waals surface area contributed by atoms with E-state index in [4.69, 9.17) is 5.73 Å². The molecule has 1 aliphatic carbocycles. The van der Waals surface area contributed by atoms with Crippen molar-refractivity contribution in [2.24, 2.45) is 11.7 Å². The van der Waals surface area contributed by atoms with E-state index in [0.717, 1.165) is 25.7 Å². The Labute approximate surface area is 128 Å². The Kier molecular flexibility index (Phi) is 5.04. The molecule has 1 aliphatic rings. The number of nitrogens with two attached hydrogens (primary N) is 1. The molecule has 2 atom stereocenters. The lowest BCUT2D eigenvalue weighted by Crippen LogP contribution is -2.46. The molecule has 0 spiro atoms. The van der Waals surface area contributed by atoms with E-state index in [9.17, 15) is 4.79 Å². The first kappa shape index (κ1) is 16.0. The second-order valence-electron chi connectivity index (χ2n) is 7.09. The third-order valence-electron chi connectivity index (χ3n) is 4.54. The number of carbonyl (C=O) groups excluding carboxylic acids is 1. The van der Waals surface area contributed by atoms with Crippen molar-refractivity contribution in [2.45, 2.75) is 64.5 Å². The Balaban J connectivity index is 1.91. The lowest BCUT2D eigenvalue weighted by atomic mass is 9.91. The second kappa shape index (κ2) is 6.61. The van der Waals surface area contributed by atoms with Gasteiger partial charge in [0.1, 0.15) is 0 Å². The highest BCUT2D eigenvalue weighted by Gasteiger charge is 2.28. The molecule has 1 aromatic carbocycles. The van der Waals surface area contributed by atoms with E-state index < -0.39 is 0 Å². The molecule has 0 bridgehead atoms. The van der Waals surface area contributed by atoms with E-state index in [-0.39, 0.29) is 17.5 Å². The fourth-order valence-corrected chi connectivity index (χ4v) is 3.31. The van der Waals surface area contributed by atoms with Gasteiger partial charge in [-0.3, -0.25) is 4.79 Å². The molecule has 0 radical (unpaired) electrons. The maximum Gasteiger partial charge on any atom is 0.220 e. The Morgan fingerprint density at radius 2 is 2.05 bits per heavy atom. The van der Waals surface area contributed by atoms with Crippen molar-refractivity contribution >= 4 is 5.91 Å². The van der Waals surface area contributed by atoms with E-state index in [2.05, 4.69) is 44.3 Å². The molecule has 0 aromatic heterocycles. The van der Waals surface area contributed by atoms with Gasteiger partial charge in [0.15, 0.2) is 0 Å². The molecule has 0 heterocycles. The van der Waals surface area contributed by atoms with Crippen LogP contribution in [0.3, 0.4) is 0 Å². The molecule has 3 heteroatoms. The van der Waals surface area contributed by atoms with Gasteiger partial charge in [-0.2, -0.15) is 0 Å². The number of aryl methyl sites for hydroxylation is 1. The zero-order valence-electron chi connectivity index (χ0n) is 13.5. The van der Waals surface area contributed by atoms with Gasteiger partial charge < -0.3 is 11.1 Å². The molecule has 1 saturated carbocycles. The summed E-state index contributed by atoms with van der Waals surface area (Å²) < 4.78 is 0. The molecular formula is C18H28N2O. The topological polar surface area (TPSA) is 55.1 Å². The second-order valence-corrected chi connectivity index (χ2v) is 7.09. The molecule has 0 saturated heterocycles. The van der Waals surface area contributed by atoms with Crippen LogP contribution in [-0.2, 0) is 11.2 Å². The third kappa shape index (κ3) is 4.57. The van der Waals surface area contributed by atoms with Gasteiger partial charge in [-0.15, -0.1) is 0 Å². The number of hydrogen-bond donors (Lipinski definition) is 2. The van der Waals surface area contributed by atoms with Crippen molar-refractivity contribution in [1.82, 2.24) is 5.32 Å². The zero-order valence-corrected chi connectivity index (χ0v) is 13.5. The normalized spacial score (nSPS) is 22.3. The minimum absolute atomic E-state index is 0.135. The number of nitrogens with one attached hydrogen (secondary N) is 1. The minimum atomic E-state index is -0.230. The highest BCUT2D eigenvalue weighted by molar-refractivity contribution is 5.77. The molecule has 2 rings (SSSR count). The van der Waals surface area contributed by atoms with Gasteiger partial charge in [0.2, 0.25) is 5.91 Å². The highest BCUT2D eigenvalue weighted by atomic mass is 16.1. The van der Waals surface area contributed by atoms with E-state index in [0.29, 0.717) is 12.3 Å². The quantitative estimate of drug-likeness (QED) is 0.875. The third-order valence-corrected chi connectivity index (χ3v) is 4.54. The van der Waals surface area contributed by atoms with Crippen LogP contribution in [0.1, 0.15) is 50.7 Å². The maximum atomic E-state index is 12.3. The number of hydrogen-bond acceptors (Lipinski definition) is 2.